The van der Waals surface area contributed by atoms with E-state index in [1.165, 1.54) is 24.1 Å². The SMILES string of the molecule is COC1=CC(=C2C=C3N(c4ccccc42)c2ccccc2C3(C)C)C=C(Br)C1=O. The highest BCUT2D eigenvalue weighted by Gasteiger charge is 2.43. The third-order valence-electron chi connectivity index (χ3n) is 5.96. The van der Waals surface area contributed by atoms with Gasteiger partial charge in [0, 0.05) is 22.4 Å². The van der Waals surface area contributed by atoms with Gasteiger partial charge in [-0.1, -0.05) is 50.2 Å². The molecule has 2 aromatic carbocycles. The maximum absolute atomic E-state index is 12.3. The Hall–Kier alpha value is -2.85. The molecule has 3 nitrogen and oxygen atoms in total. The van der Waals surface area contributed by atoms with Crippen molar-refractivity contribution in [3.8, 4) is 0 Å². The normalized spacial score (nSPS) is 21.6. The lowest BCUT2D eigenvalue weighted by atomic mass is 9.81. The van der Waals surface area contributed by atoms with Crippen molar-refractivity contribution in [3.05, 3.63) is 99.4 Å². The van der Waals surface area contributed by atoms with Gasteiger partial charge in [-0.15, -0.1) is 0 Å². The molecule has 0 bridgehead atoms. The number of Topliss-reactive ketones (excluding diaryl/α,β-unsaturated/α-hetero) is 1. The van der Waals surface area contributed by atoms with Crippen molar-refractivity contribution in [3.63, 3.8) is 0 Å². The van der Waals surface area contributed by atoms with Crippen LogP contribution in [0.15, 0.2) is 88.3 Å². The first-order chi connectivity index (χ1) is 13.9. The van der Waals surface area contributed by atoms with E-state index < -0.39 is 0 Å². The molecule has 0 amide bonds. The Bertz CT molecular complexity index is 1200. The molecule has 0 radical (unpaired) electrons. The van der Waals surface area contributed by atoms with Gasteiger partial charge in [-0.2, -0.15) is 0 Å². The van der Waals surface area contributed by atoms with Crippen LogP contribution in [0.5, 0.6) is 0 Å². The maximum atomic E-state index is 12.3. The van der Waals surface area contributed by atoms with E-state index in [-0.39, 0.29) is 11.2 Å². The van der Waals surface area contributed by atoms with Crippen LogP contribution in [0.25, 0.3) is 5.57 Å². The lowest BCUT2D eigenvalue weighted by Crippen LogP contribution is -2.26. The van der Waals surface area contributed by atoms with Crippen molar-refractivity contribution in [2.45, 2.75) is 19.3 Å². The number of nitrogens with zero attached hydrogens (tertiary/aromatic N) is 1. The Balaban J connectivity index is 1.83. The molecule has 0 fully saturated rings. The number of methoxy groups -OCH3 is 1. The Morgan fingerprint density at radius 1 is 0.931 bits per heavy atom. The van der Waals surface area contributed by atoms with Gasteiger partial charge in [-0.05, 0) is 63.0 Å². The van der Waals surface area contributed by atoms with Gasteiger partial charge in [-0.3, -0.25) is 4.79 Å². The fourth-order valence-corrected chi connectivity index (χ4v) is 4.92. The molecule has 0 saturated heterocycles. The molecule has 29 heavy (non-hydrogen) atoms. The number of carbonyl (C=O) groups is 1. The van der Waals surface area contributed by atoms with Gasteiger partial charge in [0.1, 0.15) is 0 Å². The Kier molecular flexibility index (Phi) is 3.97. The standard InChI is InChI=1S/C25H20BrNO2/c1-25(2)18-9-5-7-11-21(18)27-20-10-6-4-8-16(20)17(14-23(25)27)15-12-19(26)24(28)22(13-15)29-3/h4-14H,1-3H3. The average molecular weight is 446 g/mol. The van der Waals surface area contributed by atoms with Gasteiger partial charge in [0.15, 0.2) is 5.76 Å². The average Bonchev–Trinajstić information content (AvgIpc) is 2.97. The number of ketones is 1. The van der Waals surface area contributed by atoms with E-state index in [4.69, 9.17) is 4.74 Å². The molecule has 0 spiro atoms. The number of halogens is 1. The molecule has 144 valence electrons. The molecule has 3 aliphatic rings. The number of anilines is 2. The first-order valence-corrected chi connectivity index (χ1v) is 10.4. The smallest absolute Gasteiger partial charge is 0.234 e. The maximum Gasteiger partial charge on any atom is 0.234 e. The summed E-state index contributed by atoms with van der Waals surface area (Å²) >= 11 is 3.41. The predicted octanol–water partition coefficient (Wildman–Crippen LogP) is 6.16. The lowest BCUT2D eigenvalue weighted by molar-refractivity contribution is -0.114. The van der Waals surface area contributed by atoms with E-state index in [0.717, 1.165) is 22.4 Å². The first-order valence-electron chi connectivity index (χ1n) is 9.56. The minimum atomic E-state index is -0.135. The van der Waals surface area contributed by atoms with Crippen LogP contribution < -0.4 is 4.90 Å². The summed E-state index contributed by atoms with van der Waals surface area (Å²) in [5.74, 6) is 0.206. The van der Waals surface area contributed by atoms with E-state index in [2.05, 4.69) is 89.3 Å². The van der Waals surface area contributed by atoms with Gasteiger partial charge in [0.2, 0.25) is 5.78 Å². The minimum Gasteiger partial charge on any atom is -0.493 e. The quantitative estimate of drug-likeness (QED) is 0.526. The van der Waals surface area contributed by atoms with Gasteiger partial charge in [-0.25, -0.2) is 0 Å². The van der Waals surface area contributed by atoms with Crippen LogP contribution in [0.4, 0.5) is 11.4 Å². The van der Waals surface area contributed by atoms with Crippen molar-refractivity contribution < 1.29 is 9.53 Å². The zero-order chi connectivity index (χ0) is 20.3. The highest BCUT2D eigenvalue weighted by molar-refractivity contribution is 9.12. The highest BCUT2D eigenvalue weighted by Crippen LogP contribution is 2.55. The Morgan fingerprint density at radius 2 is 1.62 bits per heavy atom. The molecule has 0 saturated carbocycles. The lowest BCUT2D eigenvalue weighted by Gasteiger charge is -2.33. The molecule has 0 atom stereocenters. The minimum absolute atomic E-state index is 0.130. The second kappa shape index (κ2) is 6.33. The number of benzene rings is 2. The number of para-hydroxylation sites is 2. The van der Waals surface area contributed by atoms with Crippen molar-refractivity contribution in [1.29, 1.82) is 0 Å². The van der Waals surface area contributed by atoms with Crippen molar-refractivity contribution in [2.75, 3.05) is 12.0 Å². The van der Waals surface area contributed by atoms with E-state index in [0.29, 0.717) is 10.2 Å². The van der Waals surface area contributed by atoms with Crippen molar-refractivity contribution in [2.24, 2.45) is 0 Å². The van der Waals surface area contributed by atoms with Crippen molar-refractivity contribution >= 4 is 38.7 Å². The molecule has 0 aromatic heterocycles. The van der Waals surface area contributed by atoms with Gasteiger partial charge >= 0.3 is 0 Å². The third-order valence-corrected chi connectivity index (χ3v) is 6.55. The zero-order valence-electron chi connectivity index (χ0n) is 16.5. The summed E-state index contributed by atoms with van der Waals surface area (Å²) in [4.78, 5) is 14.7. The number of hydrogen-bond donors (Lipinski definition) is 0. The second-order valence-electron chi connectivity index (χ2n) is 7.93. The summed E-state index contributed by atoms with van der Waals surface area (Å²) in [6, 6.07) is 17.0. The summed E-state index contributed by atoms with van der Waals surface area (Å²) in [6.07, 6.45) is 5.98. The molecule has 5 rings (SSSR count). The van der Waals surface area contributed by atoms with Crippen LogP contribution in [0.3, 0.4) is 0 Å². The fourth-order valence-electron chi connectivity index (χ4n) is 4.47. The number of carbonyl (C=O) groups excluding carboxylic acids is 1. The summed E-state index contributed by atoms with van der Waals surface area (Å²) in [6.45, 7) is 4.53. The molecule has 4 heteroatoms. The molecular formula is C25H20BrNO2. The molecule has 0 unspecified atom stereocenters. The Morgan fingerprint density at radius 3 is 2.38 bits per heavy atom. The van der Waals surface area contributed by atoms with E-state index in [1.807, 2.05) is 12.2 Å². The summed E-state index contributed by atoms with van der Waals surface area (Å²) in [5, 5.41) is 0. The summed E-state index contributed by atoms with van der Waals surface area (Å²) in [5.41, 5.74) is 7.98. The van der Waals surface area contributed by atoms with Crippen LogP contribution in [0, 0.1) is 0 Å². The number of ether oxygens (including phenoxy) is 1. The van der Waals surface area contributed by atoms with Crippen LogP contribution in [-0.2, 0) is 14.9 Å². The predicted molar refractivity (Wildman–Crippen MR) is 120 cm³/mol. The van der Waals surface area contributed by atoms with Gasteiger partial charge < -0.3 is 9.64 Å². The van der Waals surface area contributed by atoms with Crippen LogP contribution in [-0.4, -0.2) is 12.9 Å². The highest BCUT2D eigenvalue weighted by atomic mass is 79.9. The topological polar surface area (TPSA) is 29.5 Å². The summed E-state index contributed by atoms with van der Waals surface area (Å²) in [7, 11) is 1.53. The monoisotopic (exact) mass is 445 g/mol. The number of allylic oxidation sites excluding steroid dienone is 7. The van der Waals surface area contributed by atoms with Gasteiger partial charge in [0.05, 0.1) is 17.3 Å². The molecule has 1 aliphatic carbocycles. The molecule has 2 aliphatic heterocycles. The first kappa shape index (κ1) is 18.2. The second-order valence-corrected chi connectivity index (χ2v) is 8.78. The fraction of sp³-hybridized carbons (Fsp3) is 0.160. The molecule has 2 aromatic rings. The molecule has 2 heterocycles. The van der Waals surface area contributed by atoms with Crippen LogP contribution in [0.2, 0.25) is 0 Å². The number of fused-ring (bicyclic) bond motifs is 5. The number of rotatable bonds is 1. The van der Waals surface area contributed by atoms with Crippen LogP contribution in [0.1, 0.15) is 25.0 Å². The molecular weight excluding hydrogens is 426 g/mol. The zero-order valence-corrected chi connectivity index (χ0v) is 18.1. The molecule has 0 N–H and O–H groups in total. The third kappa shape index (κ3) is 2.52. The largest absolute Gasteiger partial charge is 0.493 e. The Labute approximate surface area is 178 Å². The number of hydrogen-bond acceptors (Lipinski definition) is 3. The summed E-state index contributed by atoms with van der Waals surface area (Å²) < 4.78 is 5.84. The van der Waals surface area contributed by atoms with E-state index >= 15 is 0 Å². The van der Waals surface area contributed by atoms with Crippen LogP contribution >= 0.6 is 15.9 Å². The van der Waals surface area contributed by atoms with E-state index in [1.54, 1.807) is 0 Å². The van der Waals surface area contributed by atoms with E-state index in [9.17, 15) is 4.79 Å². The van der Waals surface area contributed by atoms with Crippen molar-refractivity contribution in [1.82, 2.24) is 0 Å². The van der Waals surface area contributed by atoms with Gasteiger partial charge in [0.25, 0.3) is 0 Å².